The van der Waals surface area contributed by atoms with Crippen molar-refractivity contribution in [1.29, 1.82) is 0 Å². The van der Waals surface area contributed by atoms with Crippen LogP contribution < -0.4 is 10.2 Å². The minimum absolute atomic E-state index is 0.223. The number of nitrogens with zero attached hydrogens (tertiary/aromatic N) is 4. The van der Waals surface area contributed by atoms with E-state index in [4.69, 9.17) is 0 Å². The second-order valence-corrected chi connectivity index (χ2v) is 7.14. The third-order valence-corrected chi connectivity index (χ3v) is 5.36. The summed E-state index contributed by atoms with van der Waals surface area (Å²) in [5.41, 5.74) is 0.383. The number of carbonyl (C=O) groups is 1. The zero-order valence-electron chi connectivity index (χ0n) is 15.3. The van der Waals surface area contributed by atoms with Crippen LogP contribution in [0.3, 0.4) is 0 Å². The normalized spacial score (nSPS) is 18.0. The molecule has 1 saturated carbocycles. The van der Waals surface area contributed by atoms with Crippen molar-refractivity contribution in [2.75, 3.05) is 36.4 Å². The summed E-state index contributed by atoms with van der Waals surface area (Å²) in [5, 5.41) is 3.00. The molecule has 142 valence electrons. The van der Waals surface area contributed by atoms with Crippen LogP contribution in [0.25, 0.3) is 0 Å². The average molecular weight is 369 g/mol. The molecule has 0 spiro atoms. The number of hydrogen-bond donors (Lipinski definition) is 1. The highest BCUT2D eigenvalue weighted by atomic mass is 19.1. The molecule has 1 aliphatic carbocycles. The van der Waals surface area contributed by atoms with E-state index < -0.39 is 0 Å². The van der Waals surface area contributed by atoms with Gasteiger partial charge in [0.25, 0.3) is 0 Å². The first-order chi connectivity index (χ1) is 13.2. The molecule has 1 aliphatic heterocycles. The van der Waals surface area contributed by atoms with Crippen molar-refractivity contribution in [3.8, 4) is 0 Å². The fourth-order valence-electron chi connectivity index (χ4n) is 3.83. The highest BCUT2D eigenvalue weighted by molar-refractivity contribution is 5.79. The topological polar surface area (TPSA) is 61.4 Å². The van der Waals surface area contributed by atoms with Crippen molar-refractivity contribution in [2.45, 2.75) is 25.7 Å². The summed E-state index contributed by atoms with van der Waals surface area (Å²) >= 11 is 0. The van der Waals surface area contributed by atoms with Gasteiger partial charge in [-0.25, -0.2) is 9.37 Å². The summed E-state index contributed by atoms with van der Waals surface area (Å²) in [6.45, 7) is 2.82. The van der Waals surface area contributed by atoms with Crippen molar-refractivity contribution < 1.29 is 9.18 Å². The van der Waals surface area contributed by atoms with Gasteiger partial charge in [-0.05, 0) is 31.0 Å². The number of hydrogen-bond acceptors (Lipinski definition) is 5. The van der Waals surface area contributed by atoms with Crippen LogP contribution in [-0.2, 0) is 4.79 Å². The van der Waals surface area contributed by atoms with Gasteiger partial charge in [-0.15, -0.1) is 0 Å². The van der Waals surface area contributed by atoms with Crippen LogP contribution in [0, 0.1) is 11.7 Å². The Morgan fingerprint density at radius 2 is 1.81 bits per heavy atom. The van der Waals surface area contributed by atoms with E-state index in [-0.39, 0.29) is 11.7 Å². The molecule has 1 N–H and O–H groups in total. The number of para-hydroxylation sites is 1. The first kappa shape index (κ1) is 17.7. The summed E-state index contributed by atoms with van der Waals surface area (Å²) < 4.78 is 13.8. The van der Waals surface area contributed by atoms with Crippen LogP contribution >= 0.6 is 0 Å². The molecule has 6 nitrogen and oxygen atoms in total. The molecule has 0 unspecified atom stereocenters. The molecular weight excluding hydrogens is 345 g/mol. The molecule has 2 heterocycles. The zero-order chi connectivity index (χ0) is 18.6. The van der Waals surface area contributed by atoms with E-state index in [2.05, 4.69) is 20.2 Å². The second kappa shape index (κ2) is 7.90. The molecule has 4 rings (SSSR count). The molecule has 2 aromatic rings. The van der Waals surface area contributed by atoms with Gasteiger partial charge in [0.2, 0.25) is 11.9 Å². The van der Waals surface area contributed by atoms with Gasteiger partial charge >= 0.3 is 0 Å². The smallest absolute Gasteiger partial charge is 0.227 e. The second-order valence-electron chi connectivity index (χ2n) is 7.14. The summed E-state index contributed by atoms with van der Waals surface area (Å²) in [6.07, 6.45) is 6.08. The third-order valence-electron chi connectivity index (χ3n) is 5.36. The lowest BCUT2D eigenvalue weighted by molar-refractivity contribution is -0.135. The first-order valence-corrected chi connectivity index (χ1v) is 9.59. The molecule has 7 heteroatoms. The lowest BCUT2D eigenvalue weighted by atomic mass is 10.1. The highest BCUT2D eigenvalue weighted by Gasteiger charge is 2.29. The van der Waals surface area contributed by atoms with E-state index in [0.29, 0.717) is 49.5 Å². The molecule has 0 radical (unpaired) electrons. The van der Waals surface area contributed by atoms with Gasteiger partial charge in [0.15, 0.2) is 0 Å². The van der Waals surface area contributed by atoms with E-state index >= 15 is 0 Å². The van der Waals surface area contributed by atoms with Crippen LogP contribution in [0.15, 0.2) is 36.5 Å². The number of nitrogens with one attached hydrogen (secondary N) is 1. The monoisotopic (exact) mass is 369 g/mol. The van der Waals surface area contributed by atoms with Crippen LogP contribution in [0.2, 0.25) is 0 Å². The van der Waals surface area contributed by atoms with Gasteiger partial charge in [0, 0.05) is 38.3 Å². The number of carbonyl (C=O) groups excluding carboxylic acids is 1. The van der Waals surface area contributed by atoms with Gasteiger partial charge in [0.05, 0.1) is 5.69 Å². The number of anilines is 3. The lowest BCUT2D eigenvalue weighted by Crippen LogP contribution is -2.50. The molecule has 1 amide bonds. The predicted octanol–water partition coefficient (Wildman–Crippen LogP) is 3.20. The van der Waals surface area contributed by atoms with Crippen LogP contribution in [0.5, 0.6) is 0 Å². The van der Waals surface area contributed by atoms with E-state index in [0.717, 1.165) is 12.8 Å². The van der Waals surface area contributed by atoms with E-state index in [1.54, 1.807) is 30.5 Å². The van der Waals surface area contributed by atoms with Gasteiger partial charge in [0.1, 0.15) is 11.6 Å². The summed E-state index contributed by atoms with van der Waals surface area (Å²) in [5.74, 6) is 1.36. The average Bonchev–Trinajstić information content (AvgIpc) is 3.24. The Kier molecular flexibility index (Phi) is 5.18. The molecule has 1 saturated heterocycles. The fourth-order valence-corrected chi connectivity index (χ4v) is 3.83. The van der Waals surface area contributed by atoms with Gasteiger partial charge in [-0.2, -0.15) is 4.98 Å². The molecule has 27 heavy (non-hydrogen) atoms. The predicted molar refractivity (Wildman–Crippen MR) is 102 cm³/mol. The molecular formula is C20H24FN5O. The summed E-state index contributed by atoms with van der Waals surface area (Å²) in [4.78, 5) is 25.5. The first-order valence-electron chi connectivity index (χ1n) is 9.59. The lowest BCUT2D eigenvalue weighted by Gasteiger charge is -2.36. The Morgan fingerprint density at radius 1 is 1.07 bits per heavy atom. The molecule has 0 bridgehead atoms. The maximum Gasteiger partial charge on any atom is 0.227 e. The number of halogens is 1. The van der Waals surface area contributed by atoms with Crippen LogP contribution in [0.4, 0.5) is 21.8 Å². The molecule has 2 fully saturated rings. The zero-order valence-corrected chi connectivity index (χ0v) is 15.3. The number of benzene rings is 1. The maximum absolute atomic E-state index is 13.8. The number of amides is 1. The number of aromatic nitrogens is 2. The molecule has 2 aliphatic rings. The van der Waals surface area contributed by atoms with Crippen molar-refractivity contribution in [1.82, 2.24) is 14.9 Å². The Labute approximate surface area is 158 Å². The van der Waals surface area contributed by atoms with E-state index in [1.165, 1.54) is 18.9 Å². The van der Waals surface area contributed by atoms with Crippen molar-refractivity contribution in [3.63, 3.8) is 0 Å². The van der Waals surface area contributed by atoms with Gasteiger partial charge < -0.3 is 15.1 Å². The molecule has 1 aromatic carbocycles. The van der Waals surface area contributed by atoms with Crippen molar-refractivity contribution >= 4 is 23.4 Å². The third kappa shape index (κ3) is 4.02. The van der Waals surface area contributed by atoms with Crippen LogP contribution in [0.1, 0.15) is 25.7 Å². The molecule has 0 atom stereocenters. The summed E-state index contributed by atoms with van der Waals surface area (Å²) in [6, 6.07) is 8.22. The van der Waals surface area contributed by atoms with Crippen LogP contribution in [-0.4, -0.2) is 47.0 Å². The largest absolute Gasteiger partial charge is 0.339 e. The number of piperazine rings is 1. The van der Waals surface area contributed by atoms with Crippen molar-refractivity contribution in [3.05, 3.63) is 42.3 Å². The Morgan fingerprint density at radius 3 is 2.56 bits per heavy atom. The number of rotatable bonds is 4. The van der Waals surface area contributed by atoms with Gasteiger partial charge in [-0.1, -0.05) is 25.0 Å². The van der Waals surface area contributed by atoms with Gasteiger partial charge in [-0.3, -0.25) is 4.79 Å². The fraction of sp³-hybridized carbons (Fsp3) is 0.450. The quantitative estimate of drug-likeness (QED) is 0.897. The SMILES string of the molecule is O=C(C1CCCC1)N1CCN(c2nccc(Nc3ccccc3F)n2)CC1. The Balaban J connectivity index is 1.38. The Hall–Kier alpha value is -2.70. The van der Waals surface area contributed by atoms with Crippen molar-refractivity contribution in [2.24, 2.45) is 5.92 Å². The molecule has 1 aromatic heterocycles. The van der Waals surface area contributed by atoms with E-state index in [9.17, 15) is 9.18 Å². The summed E-state index contributed by atoms with van der Waals surface area (Å²) in [7, 11) is 0. The minimum atomic E-state index is -0.322. The standard InChI is InChI=1S/C20H24FN5O/c21-16-7-3-4-8-17(16)23-18-9-10-22-20(24-18)26-13-11-25(12-14-26)19(27)15-5-1-2-6-15/h3-4,7-10,15H,1-2,5-6,11-14H2,(H,22,23,24). The minimum Gasteiger partial charge on any atom is -0.339 e. The van der Waals surface area contributed by atoms with E-state index in [1.807, 2.05) is 4.90 Å². The Bertz CT molecular complexity index is 800. The highest BCUT2D eigenvalue weighted by Crippen LogP contribution is 2.27. The maximum atomic E-state index is 13.8.